The van der Waals surface area contributed by atoms with Crippen LogP contribution in [-0.2, 0) is 13.6 Å². The number of benzene rings is 2. The normalized spacial score (nSPS) is 11.3. The lowest BCUT2D eigenvalue weighted by Gasteiger charge is -2.08. The fraction of sp³-hybridized carbons (Fsp3) is 0.263. The number of aryl methyl sites for hydroxylation is 3. The lowest BCUT2D eigenvalue weighted by atomic mass is 10.1. The van der Waals surface area contributed by atoms with Gasteiger partial charge in [-0.1, -0.05) is 6.07 Å². The number of hydrogen-bond donors (Lipinski definition) is 2. The summed E-state index contributed by atoms with van der Waals surface area (Å²) in [6, 6.07) is 11.9. The molecule has 0 aliphatic carbocycles. The average molecular weight is 465 g/mol. The van der Waals surface area contributed by atoms with Gasteiger partial charge in [0, 0.05) is 18.8 Å². The number of nitrogens with two attached hydrogens (primary N) is 1. The van der Waals surface area contributed by atoms with Gasteiger partial charge in [-0.15, -0.1) is 24.0 Å². The number of methoxy groups -OCH3 is 1. The molecule has 0 spiro atoms. The van der Waals surface area contributed by atoms with E-state index in [1.165, 1.54) is 11.1 Å². The summed E-state index contributed by atoms with van der Waals surface area (Å²) in [4.78, 5) is 9.03. The van der Waals surface area contributed by atoms with Gasteiger partial charge >= 0.3 is 0 Å². The van der Waals surface area contributed by atoms with Crippen molar-refractivity contribution in [2.45, 2.75) is 20.4 Å². The number of nitrogens with one attached hydrogen (secondary N) is 1. The highest BCUT2D eigenvalue weighted by molar-refractivity contribution is 14.0. The van der Waals surface area contributed by atoms with Gasteiger partial charge < -0.3 is 20.4 Å². The molecule has 3 rings (SSSR count). The molecule has 7 heteroatoms. The van der Waals surface area contributed by atoms with Crippen LogP contribution in [0, 0.1) is 13.8 Å². The molecule has 3 N–H and O–H groups in total. The zero-order valence-electron chi connectivity index (χ0n) is 15.4. The van der Waals surface area contributed by atoms with E-state index < -0.39 is 0 Å². The van der Waals surface area contributed by atoms with Gasteiger partial charge in [0.1, 0.15) is 18.1 Å². The second kappa shape index (κ2) is 8.39. The van der Waals surface area contributed by atoms with Crippen LogP contribution in [0.5, 0.6) is 5.75 Å². The van der Waals surface area contributed by atoms with Crippen molar-refractivity contribution in [1.29, 1.82) is 0 Å². The summed E-state index contributed by atoms with van der Waals surface area (Å²) in [5, 5.41) is 3.12. The number of aliphatic imine (C=N–C) groups is 1. The Morgan fingerprint density at radius 2 is 1.96 bits per heavy atom. The number of hydrogen-bond acceptors (Lipinski definition) is 3. The average Bonchev–Trinajstić information content (AvgIpc) is 2.91. The molecule has 0 unspecified atom stereocenters. The number of ether oxygens (including phenoxy) is 1. The number of anilines is 1. The first-order valence-electron chi connectivity index (χ1n) is 8.11. The van der Waals surface area contributed by atoms with Crippen molar-refractivity contribution in [2.24, 2.45) is 17.8 Å². The largest absolute Gasteiger partial charge is 0.497 e. The molecule has 138 valence electrons. The monoisotopic (exact) mass is 465 g/mol. The minimum absolute atomic E-state index is 0. The standard InChI is InChI=1S/C19H23N5O.HI/c1-12-5-6-14(9-13(12)2)22-19(20)21-11-18-23-16-10-15(25-4)7-8-17(16)24(18)3;/h5-10H,11H2,1-4H3,(H3,20,21,22);1H. The Hall–Kier alpha value is -2.29. The van der Waals surface area contributed by atoms with Crippen molar-refractivity contribution >= 4 is 46.7 Å². The smallest absolute Gasteiger partial charge is 0.193 e. The van der Waals surface area contributed by atoms with Crippen LogP contribution in [0.2, 0.25) is 0 Å². The number of nitrogens with zero attached hydrogens (tertiary/aromatic N) is 3. The van der Waals surface area contributed by atoms with Gasteiger partial charge in [0.15, 0.2) is 5.96 Å². The number of guanidine groups is 1. The molecular weight excluding hydrogens is 441 g/mol. The molecule has 0 saturated carbocycles. The van der Waals surface area contributed by atoms with Crippen molar-refractivity contribution < 1.29 is 4.74 Å². The highest BCUT2D eigenvalue weighted by atomic mass is 127. The summed E-state index contributed by atoms with van der Waals surface area (Å²) < 4.78 is 7.26. The van der Waals surface area contributed by atoms with Crippen LogP contribution in [-0.4, -0.2) is 22.6 Å². The highest BCUT2D eigenvalue weighted by Crippen LogP contribution is 2.21. The molecule has 0 saturated heterocycles. The summed E-state index contributed by atoms with van der Waals surface area (Å²) in [5.41, 5.74) is 11.3. The summed E-state index contributed by atoms with van der Waals surface area (Å²) in [7, 11) is 3.62. The molecule has 1 heterocycles. The molecule has 26 heavy (non-hydrogen) atoms. The van der Waals surface area contributed by atoms with E-state index in [1.807, 2.05) is 35.9 Å². The predicted molar refractivity (Wildman–Crippen MR) is 118 cm³/mol. The third kappa shape index (κ3) is 4.27. The molecule has 1 aromatic heterocycles. The Labute approximate surface area is 170 Å². The molecule has 0 fully saturated rings. The van der Waals surface area contributed by atoms with E-state index in [0.717, 1.165) is 28.3 Å². The van der Waals surface area contributed by atoms with Gasteiger partial charge in [0.05, 0.1) is 18.1 Å². The molecule has 2 aromatic carbocycles. The predicted octanol–water partition coefficient (Wildman–Crippen LogP) is 3.74. The second-order valence-corrected chi connectivity index (χ2v) is 6.07. The van der Waals surface area contributed by atoms with Gasteiger partial charge in [0.2, 0.25) is 0 Å². The Morgan fingerprint density at radius 3 is 2.65 bits per heavy atom. The molecule has 6 nitrogen and oxygen atoms in total. The van der Waals surface area contributed by atoms with Gasteiger partial charge in [-0.25, -0.2) is 9.98 Å². The maximum atomic E-state index is 6.01. The van der Waals surface area contributed by atoms with E-state index in [0.29, 0.717) is 12.5 Å². The minimum atomic E-state index is 0. The van der Waals surface area contributed by atoms with E-state index in [2.05, 4.69) is 41.3 Å². The van der Waals surface area contributed by atoms with Crippen molar-refractivity contribution in [3.8, 4) is 5.75 Å². The van der Waals surface area contributed by atoms with Gasteiger partial charge in [-0.3, -0.25) is 0 Å². The number of fused-ring (bicyclic) bond motifs is 1. The molecule has 0 radical (unpaired) electrons. The lowest BCUT2D eigenvalue weighted by molar-refractivity contribution is 0.415. The maximum Gasteiger partial charge on any atom is 0.193 e. The summed E-state index contributed by atoms with van der Waals surface area (Å²) in [5.74, 6) is 2.00. The molecule has 0 amide bonds. The number of aromatic nitrogens is 2. The van der Waals surface area contributed by atoms with Crippen LogP contribution in [0.25, 0.3) is 11.0 Å². The first-order chi connectivity index (χ1) is 12.0. The topological polar surface area (TPSA) is 77.5 Å². The van der Waals surface area contributed by atoms with E-state index in [9.17, 15) is 0 Å². The first kappa shape index (κ1) is 20.0. The third-order valence-electron chi connectivity index (χ3n) is 4.35. The molecule has 0 aliphatic heterocycles. The Kier molecular flexibility index (Phi) is 6.47. The van der Waals surface area contributed by atoms with Gasteiger partial charge in [-0.2, -0.15) is 0 Å². The first-order valence-corrected chi connectivity index (χ1v) is 8.11. The zero-order chi connectivity index (χ0) is 18.0. The van der Waals surface area contributed by atoms with Crippen LogP contribution in [0.15, 0.2) is 41.4 Å². The summed E-state index contributed by atoms with van der Waals surface area (Å²) in [6.07, 6.45) is 0. The quantitative estimate of drug-likeness (QED) is 0.350. The van der Waals surface area contributed by atoms with Crippen molar-refractivity contribution in [3.05, 3.63) is 53.3 Å². The molecule has 0 atom stereocenters. The van der Waals surface area contributed by atoms with Gasteiger partial charge in [-0.05, 0) is 49.2 Å². The second-order valence-electron chi connectivity index (χ2n) is 6.07. The van der Waals surface area contributed by atoms with Crippen molar-refractivity contribution in [3.63, 3.8) is 0 Å². The molecule has 0 bridgehead atoms. The van der Waals surface area contributed by atoms with Crippen LogP contribution in [0.4, 0.5) is 5.69 Å². The van der Waals surface area contributed by atoms with Gasteiger partial charge in [0.25, 0.3) is 0 Å². The molecular formula is C19H24IN5O. The third-order valence-corrected chi connectivity index (χ3v) is 4.35. The lowest BCUT2D eigenvalue weighted by Crippen LogP contribution is -2.22. The van der Waals surface area contributed by atoms with E-state index >= 15 is 0 Å². The number of imidazole rings is 1. The fourth-order valence-electron chi connectivity index (χ4n) is 2.66. The van der Waals surface area contributed by atoms with Crippen molar-refractivity contribution in [2.75, 3.05) is 12.4 Å². The maximum absolute atomic E-state index is 6.01. The number of rotatable bonds is 4. The Balaban J connectivity index is 0.00000243. The Morgan fingerprint density at radius 1 is 1.19 bits per heavy atom. The van der Waals surface area contributed by atoms with E-state index in [-0.39, 0.29) is 24.0 Å². The number of halogens is 1. The minimum Gasteiger partial charge on any atom is -0.497 e. The fourth-order valence-corrected chi connectivity index (χ4v) is 2.66. The Bertz CT molecular complexity index is 948. The van der Waals surface area contributed by atoms with Crippen LogP contribution in [0.3, 0.4) is 0 Å². The van der Waals surface area contributed by atoms with E-state index in [1.54, 1.807) is 7.11 Å². The van der Waals surface area contributed by atoms with Crippen LogP contribution >= 0.6 is 24.0 Å². The highest BCUT2D eigenvalue weighted by Gasteiger charge is 2.08. The van der Waals surface area contributed by atoms with Crippen molar-refractivity contribution in [1.82, 2.24) is 9.55 Å². The zero-order valence-corrected chi connectivity index (χ0v) is 17.7. The SMILES string of the molecule is COc1ccc2c(c1)nc(CN=C(N)Nc1ccc(C)c(C)c1)n2C.I. The summed E-state index contributed by atoms with van der Waals surface area (Å²) >= 11 is 0. The van der Waals surface area contributed by atoms with E-state index in [4.69, 9.17) is 10.5 Å². The van der Waals surface area contributed by atoms with Crippen LogP contribution < -0.4 is 15.8 Å². The molecule has 3 aromatic rings. The molecule has 0 aliphatic rings. The van der Waals surface area contributed by atoms with Crippen LogP contribution in [0.1, 0.15) is 17.0 Å². The summed E-state index contributed by atoms with van der Waals surface area (Å²) in [6.45, 7) is 4.55.